The normalized spacial score (nSPS) is 15.6. The van der Waals surface area contributed by atoms with Crippen molar-refractivity contribution in [3.05, 3.63) is 68.3 Å². The fourth-order valence-corrected chi connectivity index (χ4v) is 3.53. The van der Waals surface area contributed by atoms with Crippen LogP contribution in [0.15, 0.2) is 47.1 Å². The third kappa shape index (κ3) is 4.62. The maximum Gasteiger partial charge on any atom is 0.363 e. The first-order chi connectivity index (χ1) is 12.6. The molecule has 27 heavy (non-hydrogen) atoms. The number of ether oxygens (including phenoxy) is 1. The summed E-state index contributed by atoms with van der Waals surface area (Å²) in [4.78, 5) is 16.3. The number of nitrogens with zero attached hydrogens (tertiary/aromatic N) is 1. The molecule has 1 aliphatic rings. The summed E-state index contributed by atoms with van der Waals surface area (Å²) in [6, 6.07) is 9.42. The number of benzene rings is 2. The minimum absolute atomic E-state index is 0.0237. The molecule has 3 rings (SSSR count). The van der Waals surface area contributed by atoms with Crippen molar-refractivity contribution in [3.63, 3.8) is 0 Å². The molecule has 0 aromatic heterocycles. The zero-order valence-electron chi connectivity index (χ0n) is 13.6. The largest absolute Gasteiger partial charge is 0.402 e. The number of hydrogen-bond acceptors (Lipinski definition) is 6. The molecule has 0 amide bonds. The standard InChI is InChI=1S/C17H10Cl3NO5S/c1-27(23,24)26-15-9(6-10(18)8-13(15)20)7-14-17(22)25-16(21-14)11-4-2-3-5-12(11)19/h2-8H,1H3/b14-7+. The van der Waals surface area contributed by atoms with Crippen molar-refractivity contribution < 1.29 is 22.1 Å². The summed E-state index contributed by atoms with van der Waals surface area (Å²) in [7, 11) is -3.87. The van der Waals surface area contributed by atoms with Gasteiger partial charge in [0.25, 0.3) is 0 Å². The lowest BCUT2D eigenvalue weighted by Gasteiger charge is -2.09. The van der Waals surface area contributed by atoms with E-state index >= 15 is 0 Å². The molecule has 0 spiro atoms. The van der Waals surface area contributed by atoms with Crippen molar-refractivity contribution in [1.29, 1.82) is 0 Å². The van der Waals surface area contributed by atoms with Gasteiger partial charge in [-0.3, -0.25) is 0 Å². The number of cyclic esters (lactones) is 1. The average molecular weight is 447 g/mol. The maximum absolute atomic E-state index is 12.2. The van der Waals surface area contributed by atoms with E-state index < -0.39 is 16.1 Å². The molecule has 0 radical (unpaired) electrons. The third-order valence-corrected chi connectivity index (χ3v) is 4.59. The smallest absolute Gasteiger partial charge is 0.363 e. The Kier molecular flexibility index (Phi) is 5.48. The zero-order chi connectivity index (χ0) is 19.8. The second kappa shape index (κ2) is 7.52. The van der Waals surface area contributed by atoms with Crippen LogP contribution in [0.4, 0.5) is 0 Å². The number of halogens is 3. The Morgan fingerprint density at radius 2 is 1.81 bits per heavy atom. The molecule has 0 aliphatic carbocycles. The van der Waals surface area contributed by atoms with Crippen molar-refractivity contribution in [2.24, 2.45) is 4.99 Å². The van der Waals surface area contributed by atoms with Gasteiger partial charge in [0.05, 0.1) is 21.9 Å². The highest BCUT2D eigenvalue weighted by Gasteiger charge is 2.26. The van der Waals surface area contributed by atoms with Gasteiger partial charge in [0.1, 0.15) is 0 Å². The first-order valence-corrected chi connectivity index (χ1v) is 10.2. The summed E-state index contributed by atoms with van der Waals surface area (Å²) in [5.41, 5.74) is 0.489. The van der Waals surface area contributed by atoms with Crippen LogP contribution in [0, 0.1) is 0 Å². The number of carbonyl (C=O) groups excluding carboxylic acids is 1. The van der Waals surface area contributed by atoms with Crippen LogP contribution >= 0.6 is 34.8 Å². The SMILES string of the molecule is CS(=O)(=O)Oc1c(Cl)cc(Cl)cc1/C=C1/N=C(c2ccccc2Cl)OC1=O. The van der Waals surface area contributed by atoms with Crippen LogP contribution in [0.5, 0.6) is 5.75 Å². The molecule has 0 N–H and O–H groups in total. The molecule has 140 valence electrons. The van der Waals surface area contributed by atoms with E-state index in [1.54, 1.807) is 24.3 Å². The number of hydrogen-bond donors (Lipinski definition) is 0. The van der Waals surface area contributed by atoms with Crippen molar-refractivity contribution in [1.82, 2.24) is 0 Å². The summed E-state index contributed by atoms with van der Waals surface area (Å²) in [5.74, 6) is -0.896. The van der Waals surface area contributed by atoms with Crippen LogP contribution in [0.3, 0.4) is 0 Å². The zero-order valence-corrected chi connectivity index (χ0v) is 16.7. The highest BCUT2D eigenvalue weighted by molar-refractivity contribution is 7.86. The first kappa shape index (κ1) is 19.7. The number of aliphatic imine (C=N–C) groups is 1. The fourth-order valence-electron chi connectivity index (χ4n) is 2.23. The molecular formula is C17H10Cl3NO5S. The van der Waals surface area contributed by atoms with Gasteiger partial charge in [-0.1, -0.05) is 46.9 Å². The van der Waals surface area contributed by atoms with Crippen LogP contribution in [-0.2, 0) is 19.6 Å². The molecular weight excluding hydrogens is 437 g/mol. The molecule has 1 heterocycles. The molecule has 2 aromatic rings. The lowest BCUT2D eigenvalue weighted by molar-refractivity contribution is -0.129. The fraction of sp³-hybridized carbons (Fsp3) is 0.0588. The number of esters is 1. The second-order valence-electron chi connectivity index (χ2n) is 5.41. The molecule has 0 atom stereocenters. The van der Waals surface area contributed by atoms with E-state index in [1.165, 1.54) is 18.2 Å². The van der Waals surface area contributed by atoms with Gasteiger partial charge in [-0.25, -0.2) is 9.79 Å². The molecule has 6 nitrogen and oxygen atoms in total. The molecule has 0 fully saturated rings. The van der Waals surface area contributed by atoms with Gasteiger partial charge in [0.2, 0.25) is 5.90 Å². The maximum atomic E-state index is 12.2. The van der Waals surface area contributed by atoms with Gasteiger partial charge in [-0.2, -0.15) is 8.42 Å². The molecule has 0 unspecified atom stereocenters. The molecule has 2 aromatic carbocycles. The van der Waals surface area contributed by atoms with Gasteiger partial charge < -0.3 is 8.92 Å². The van der Waals surface area contributed by atoms with Crippen molar-refractivity contribution in [2.45, 2.75) is 0 Å². The Morgan fingerprint density at radius 3 is 2.48 bits per heavy atom. The molecule has 0 saturated heterocycles. The van der Waals surface area contributed by atoms with E-state index in [0.29, 0.717) is 10.6 Å². The lowest BCUT2D eigenvalue weighted by Crippen LogP contribution is -2.08. The Hall–Kier alpha value is -2.06. The summed E-state index contributed by atoms with van der Waals surface area (Å²) in [6.45, 7) is 0. The Labute approximate surface area is 170 Å². The second-order valence-corrected chi connectivity index (χ2v) is 8.24. The van der Waals surface area contributed by atoms with E-state index in [1.807, 2.05) is 0 Å². The van der Waals surface area contributed by atoms with Crippen molar-refractivity contribution in [2.75, 3.05) is 6.26 Å². The summed E-state index contributed by atoms with van der Waals surface area (Å²) in [5, 5.41) is 0.535. The van der Waals surface area contributed by atoms with Crippen LogP contribution in [0.25, 0.3) is 6.08 Å². The predicted molar refractivity (Wildman–Crippen MR) is 104 cm³/mol. The summed E-state index contributed by atoms with van der Waals surface area (Å²) >= 11 is 18.1. The minimum Gasteiger partial charge on any atom is -0.402 e. The van der Waals surface area contributed by atoms with E-state index in [9.17, 15) is 13.2 Å². The highest BCUT2D eigenvalue weighted by atomic mass is 35.5. The third-order valence-electron chi connectivity index (χ3n) is 3.29. The molecule has 0 bridgehead atoms. The van der Waals surface area contributed by atoms with E-state index in [0.717, 1.165) is 6.26 Å². The van der Waals surface area contributed by atoms with Gasteiger partial charge in [0, 0.05) is 10.6 Å². The molecule has 1 aliphatic heterocycles. The van der Waals surface area contributed by atoms with E-state index in [4.69, 9.17) is 43.7 Å². The molecule has 0 saturated carbocycles. The van der Waals surface area contributed by atoms with Crippen molar-refractivity contribution >= 4 is 62.9 Å². The van der Waals surface area contributed by atoms with E-state index in [-0.39, 0.29) is 33.0 Å². The van der Waals surface area contributed by atoms with Gasteiger partial charge >= 0.3 is 16.1 Å². The monoisotopic (exact) mass is 445 g/mol. The van der Waals surface area contributed by atoms with Crippen LogP contribution in [-0.4, -0.2) is 26.5 Å². The van der Waals surface area contributed by atoms with Gasteiger partial charge in [0.15, 0.2) is 11.4 Å². The Bertz CT molecular complexity index is 1110. The van der Waals surface area contributed by atoms with Crippen LogP contribution in [0.2, 0.25) is 15.1 Å². The Balaban J connectivity index is 2.09. The summed E-state index contributed by atoms with van der Waals surface area (Å²) < 4.78 is 33.1. The highest BCUT2D eigenvalue weighted by Crippen LogP contribution is 2.35. The van der Waals surface area contributed by atoms with E-state index in [2.05, 4.69) is 4.99 Å². The summed E-state index contributed by atoms with van der Waals surface area (Å²) in [6.07, 6.45) is 2.14. The number of carbonyl (C=O) groups is 1. The average Bonchev–Trinajstić information content (AvgIpc) is 2.91. The predicted octanol–water partition coefficient (Wildman–Crippen LogP) is 4.33. The van der Waals surface area contributed by atoms with Crippen molar-refractivity contribution in [3.8, 4) is 5.75 Å². The minimum atomic E-state index is -3.87. The Morgan fingerprint density at radius 1 is 1.11 bits per heavy atom. The number of rotatable bonds is 4. The van der Waals surface area contributed by atoms with Crippen LogP contribution in [0.1, 0.15) is 11.1 Å². The topological polar surface area (TPSA) is 82.0 Å². The molecule has 10 heteroatoms. The quantitative estimate of drug-likeness (QED) is 0.397. The van der Waals surface area contributed by atoms with Gasteiger partial charge in [-0.15, -0.1) is 0 Å². The van der Waals surface area contributed by atoms with Gasteiger partial charge in [-0.05, 0) is 30.3 Å². The van der Waals surface area contributed by atoms with Crippen LogP contribution < -0.4 is 4.18 Å². The first-order valence-electron chi connectivity index (χ1n) is 7.30. The lowest BCUT2D eigenvalue weighted by atomic mass is 10.1.